The van der Waals surface area contributed by atoms with Crippen LogP contribution in [0.4, 0.5) is 9.18 Å². The number of carbonyl (C=O) groups is 2. The van der Waals surface area contributed by atoms with Crippen LogP contribution in [0.3, 0.4) is 0 Å². The van der Waals surface area contributed by atoms with Crippen molar-refractivity contribution in [3.05, 3.63) is 64.1 Å². The van der Waals surface area contributed by atoms with Crippen LogP contribution < -0.4 is 5.32 Å². The van der Waals surface area contributed by atoms with Gasteiger partial charge in [0.25, 0.3) is 5.91 Å². The zero-order valence-electron chi connectivity index (χ0n) is 19.9. The Balaban J connectivity index is 1.63. The van der Waals surface area contributed by atoms with E-state index in [1.54, 1.807) is 36.1 Å². The minimum Gasteiger partial charge on any atom is -0.508 e. The zero-order valence-corrected chi connectivity index (χ0v) is 20.6. The molecule has 3 heterocycles. The summed E-state index contributed by atoms with van der Waals surface area (Å²) in [5.41, 5.74) is 1.55. The zero-order chi connectivity index (χ0) is 25.1. The molecule has 3 aromatic rings. The molecule has 7 nitrogen and oxygen atoms in total. The van der Waals surface area contributed by atoms with Gasteiger partial charge >= 0.3 is 6.03 Å². The summed E-state index contributed by atoms with van der Waals surface area (Å²) in [6, 6.07) is 8.49. The number of rotatable bonds is 6. The Morgan fingerprint density at radius 2 is 2.06 bits per heavy atom. The van der Waals surface area contributed by atoms with Crippen LogP contribution in [0.2, 0.25) is 5.02 Å². The minimum absolute atomic E-state index is 0.00698. The highest BCUT2D eigenvalue weighted by atomic mass is 35.5. The summed E-state index contributed by atoms with van der Waals surface area (Å²) in [6.07, 6.45) is 0.264. The third-order valence-electron chi connectivity index (χ3n) is 6.96. The smallest absolute Gasteiger partial charge is 0.328 e. The monoisotopic (exact) mass is 498 g/mol. The van der Waals surface area contributed by atoms with Gasteiger partial charge in [-0.15, -0.1) is 0 Å². The van der Waals surface area contributed by atoms with E-state index in [1.807, 2.05) is 6.07 Å². The van der Waals surface area contributed by atoms with Gasteiger partial charge in [0.15, 0.2) is 0 Å². The molecule has 1 fully saturated rings. The van der Waals surface area contributed by atoms with Crippen LogP contribution >= 0.6 is 11.6 Å². The van der Waals surface area contributed by atoms with Gasteiger partial charge in [-0.25, -0.2) is 9.18 Å². The molecule has 35 heavy (non-hydrogen) atoms. The van der Waals surface area contributed by atoms with Crippen molar-refractivity contribution < 1.29 is 19.1 Å². The van der Waals surface area contributed by atoms with Gasteiger partial charge in [-0.2, -0.15) is 0 Å². The quantitative estimate of drug-likeness (QED) is 0.343. The van der Waals surface area contributed by atoms with Gasteiger partial charge in [0.05, 0.1) is 5.02 Å². The first-order valence-electron chi connectivity index (χ1n) is 11.8. The number of phenols is 1. The lowest BCUT2D eigenvalue weighted by Gasteiger charge is -2.42. The lowest BCUT2D eigenvalue weighted by Crippen LogP contribution is -2.53. The number of carbonyl (C=O) groups excluding carboxylic acids is 2. The fourth-order valence-electron chi connectivity index (χ4n) is 5.33. The fourth-order valence-corrected chi connectivity index (χ4v) is 5.49. The van der Waals surface area contributed by atoms with Crippen LogP contribution in [0.25, 0.3) is 10.9 Å². The van der Waals surface area contributed by atoms with E-state index in [0.717, 1.165) is 17.5 Å². The van der Waals surface area contributed by atoms with E-state index < -0.39 is 17.4 Å². The molecule has 2 aromatic carbocycles. The summed E-state index contributed by atoms with van der Waals surface area (Å²) in [6.45, 7) is 7.51. The average Bonchev–Trinajstić information content (AvgIpc) is 3.22. The van der Waals surface area contributed by atoms with Gasteiger partial charge in [0, 0.05) is 36.1 Å². The lowest BCUT2D eigenvalue weighted by atomic mass is 9.81. The largest absolute Gasteiger partial charge is 0.508 e. The highest BCUT2D eigenvalue weighted by Gasteiger charge is 2.60. The van der Waals surface area contributed by atoms with Crippen molar-refractivity contribution in [3.63, 3.8) is 0 Å². The number of aromatic amines is 1. The number of nitrogens with one attached hydrogen (secondary N) is 2. The summed E-state index contributed by atoms with van der Waals surface area (Å²) >= 11 is 6.11. The Bertz CT molecular complexity index is 1340. The number of halogens is 2. The summed E-state index contributed by atoms with van der Waals surface area (Å²) in [4.78, 5) is 33.6. The molecular formula is C26H28ClFN4O3. The highest BCUT2D eigenvalue weighted by molar-refractivity contribution is 6.31. The van der Waals surface area contributed by atoms with Gasteiger partial charge in [0.1, 0.15) is 23.1 Å². The molecule has 0 spiro atoms. The maximum absolute atomic E-state index is 14.2. The second-order valence-electron chi connectivity index (χ2n) is 9.98. The summed E-state index contributed by atoms with van der Waals surface area (Å²) < 4.78 is 14.2. The molecule has 5 rings (SSSR count). The normalized spacial score (nSPS) is 21.8. The molecule has 0 bridgehead atoms. The van der Waals surface area contributed by atoms with Gasteiger partial charge in [0.2, 0.25) is 0 Å². The van der Waals surface area contributed by atoms with Crippen molar-refractivity contribution in [2.24, 2.45) is 5.92 Å². The second-order valence-corrected chi connectivity index (χ2v) is 10.4. The van der Waals surface area contributed by atoms with Crippen molar-refractivity contribution in [2.45, 2.75) is 38.8 Å². The van der Waals surface area contributed by atoms with Gasteiger partial charge in [-0.05, 0) is 54.8 Å². The van der Waals surface area contributed by atoms with E-state index in [-0.39, 0.29) is 35.7 Å². The summed E-state index contributed by atoms with van der Waals surface area (Å²) in [5.74, 6) is -0.319. The van der Waals surface area contributed by atoms with Crippen LogP contribution in [0, 0.1) is 11.7 Å². The van der Waals surface area contributed by atoms with Crippen LogP contribution in [0.15, 0.2) is 36.4 Å². The Morgan fingerprint density at radius 1 is 1.29 bits per heavy atom. The highest BCUT2D eigenvalue weighted by Crippen LogP contribution is 2.49. The molecule has 0 radical (unpaired) electrons. The molecule has 1 saturated heterocycles. The number of fused-ring (bicyclic) bond motifs is 4. The minimum atomic E-state index is -1.14. The second kappa shape index (κ2) is 8.53. The third kappa shape index (κ3) is 3.76. The first kappa shape index (κ1) is 23.6. The number of hydrogen-bond acceptors (Lipinski definition) is 4. The van der Waals surface area contributed by atoms with E-state index in [1.165, 1.54) is 11.0 Å². The van der Waals surface area contributed by atoms with Crippen molar-refractivity contribution in [1.29, 1.82) is 0 Å². The topological polar surface area (TPSA) is 88.7 Å². The number of urea groups is 1. The summed E-state index contributed by atoms with van der Waals surface area (Å²) in [5, 5.41) is 14.2. The first-order chi connectivity index (χ1) is 16.6. The first-order valence-corrected chi connectivity index (χ1v) is 12.1. The molecule has 3 N–H and O–H groups in total. The molecular weight excluding hydrogens is 471 g/mol. The SMILES string of the molecule is CC(C)CNCCN1C(=O)N2C(c3cccc(O)c3)c3[nH]c4cc(F)c(Cl)cc4c3CC2(C)C1=O. The number of amides is 3. The van der Waals surface area contributed by atoms with Crippen LogP contribution in [-0.2, 0) is 11.2 Å². The van der Waals surface area contributed by atoms with E-state index >= 15 is 0 Å². The average molecular weight is 499 g/mol. The lowest BCUT2D eigenvalue weighted by molar-refractivity contribution is -0.133. The van der Waals surface area contributed by atoms with Gasteiger partial charge in [-0.3, -0.25) is 14.6 Å². The molecule has 0 aliphatic carbocycles. The van der Waals surface area contributed by atoms with E-state index in [4.69, 9.17) is 11.6 Å². The number of benzene rings is 2. The molecule has 184 valence electrons. The molecule has 2 aliphatic rings. The summed E-state index contributed by atoms with van der Waals surface area (Å²) in [7, 11) is 0. The number of aromatic nitrogens is 1. The Kier molecular flexibility index (Phi) is 5.76. The van der Waals surface area contributed by atoms with Crippen molar-refractivity contribution in [2.75, 3.05) is 19.6 Å². The number of phenolic OH excluding ortho intramolecular Hbond substituents is 1. The number of H-pyrrole nitrogens is 1. The van der Waals surface area contributed by atoms with Crippen LogP contribution in [0.1, 0.15) is 43.6 Å². The van der Waals surface area contributed by atoms with Crippen LogP contribution in [0.5, 0.6) is 5.75 Å². The van der Waals surface area contributed by atoms with Gasteiger partial charge in [-0.1, -0.05) is 37.6 Å². The Hall–Kier alpha value is -3.10. The number of hydrogen-bond donors (Lipinski definition) is 3. The maximum Gasteiger partial charge on any atom is 0.328 e. The van der Waals surface area contributed by atoms with Crippen molar-refractivity contribution in [3.8, 4) is 5.75 Å². The van der Waals surface area contributed by atoms with E-state index in [2.05, 4.69) is 24.1 Å². The molecule has 3 amide bonds. The number of nitrogens with zero attached hydrogens (tertiary/aromatic N) is 2. The fraction of sp³-hybridized carbons (Fsp3) is 0.385. The van der Waals surface area contributed by atoms with Crippen molar-refractivity contribution in [1.82, 2.24) is 20.1 Å². The Morgan fingerprint density at radius 3 is 2.77 bits per heavy atom. The van der Waals surface area contributed by atoms with E-state index in [9.17, 15) is 19.1 Å². The molecule has 2 aliphatic heterocycles. The Labute approximate surface area is 207 Å². The number of imide groups is 1. The third-order valence-corrected chi connectivity index (χ3v) is 7.25. The molecule has 1 aromatic heterocycles. The molecule has 2 atom stereocenters. The van der Waals surface area contributed by atoms with Crippen LogP contribution in [-0.4, -0.2) is 57.0 Å². The number of aromatic hydroxyl groups is 1. The standard InChI is InChI=1S/C26H28ClFN4O3/c1-14(2)13-29-7-8-31-24(34)26(3)12-18-17-10-19(27)20(28)11-21(17)30-22(18)23(32(26)25(31)35)15-5-4-6-16(33)9-15/h4-6,9-11,14,23,29-30,33H,7-8,12-13H2,1-3H3. The molecule has 2 unspecified atom stereocenters. The maximum atomic E-state index is 14.2. The predicted octanol–water partition coefficient (Wildman–Crippen LogP) is 4.58. The van der Waals surface area contributed by atoms with E-state index in [0.29, 0.717) is 29.2 Å². The van der Waals surface area contributed by atoms with Gasteiger partial charge < -0.3 is 15.4 Å². The van der Waals surface area contributed by atoms with Crippen molar-refractivity contribution >= 4 is 34.4 Å². The molecule has 9 heteroatoms. The molecule has 0 saturated carbocycles. The predicted molar refractivity (Wildman–Crippen MR) is 132 cm³/mol.